The second kappa shape index (κ2) is 14.0. The second-order valence-corrected chi connectivity index (χ2v) is 11.6. The third-order valence-electron chi connectivity index (χ3n) is 7.87. The molecule has 8 nitrogen and oxygen atoms in total. The number of aromatic nitrogens is 1. The predicted octanol–water partition coefficient (Wildman–Crippen LogP) is 6.88. The number of likely N-dealkylation sites (N-methyl/N-ethyl adjacent to an activating group) is 1. The molecule has 1 aromatic heterocycles. The SMILES string of the molecule is C=C(F)/C=C\C(=C)OC(=O)N(C)[C@@H]1CN(C(=O)C2CCN(C(=O)c3ccc(C(F)(F)F)cn3)CC2)C[C@H]1c1ccc(Cl)c(Cl)c1. The molecule has 2 aromatic rings. The van der Waals surface area contributed by atoms with Gasteiger partial charge in [0.15, 0.2) is 0 Å². The molecule has 1 aromatic carbocycles. The molecular formula is C31H30Cl2F4N4O4. The molecule has 2 aliphatic rings. The fourth-order valence-corrected chi connectivity index (χ4v) is 5.71. The van der Waals surface area contributed by atoms with Gasteiger partial charge in [-0.25, -0.2) is 9.18 Å². The standard InChI is InChI=1S/C31H30Cl2F4N4O4/c1-18(34)4-5-19(2)45-30(44)39(3)27-17-41(16-23(27)21-6-8-24(32)25(33)14-21)28(42)20-10-12-40(13-11-20)29(43)26-9-7-22(15-38-26)31(35,36)37/h4-9,14-15,20,23,27H,1-2,10-13,16-17H2,3H3/b5-4-/t23-,27+/m0/s1. The first-order valence-electron chi connectivity index (χ1n) is 13.9. The van der Waals surface area contributed by atoms with E-state index in [9.17, 15) is 31.9 Å². The van der Waals surface area contributed by atoms with Crippen molar-refractivity contribution in [3.63, 3.8) is 0 Å². The van der Waals surface area contributed by atoms with Crippen molar-refractivity contribution in [2.75, 3.05) is 33.2 Å². The number of carbonyl (C=O) groups excluding carboxylic acids is 3. The minimum absolute atomic E-state index is 0.101. The number of allylic oxidation sites excluding steroid dienone is 3. The zero-order chi connectivity index (χ0) is 33.1. The molecular weight excluding hydrogens is 639 g/mol. The van der Waals surface area contributed by atoms with Gasteiger partial charge in [0, 0.05) is 51.3 Å². The van der Waals surface area contributed by atoms with E-state index in [1.54, 1.807) is 23.1 Å². The fraction of sp³-hybridized carbons (Fsp3) is 0.355. The van der Waals surface area contributed by atoms with Crippen molar-refractivity contribution in [2.24, 2.45) is 5.92 Å². The zero-order valence-corrected chi connectivity index (χ0v) is 25.7. The van der Waals surface area contributed by atoms with Crippen LogP contribution in [-0.4, -0.2) is 76.9 Å². The largest absolute Gasteiger partial charge is 0.417 e. The van der Waals surface area contributed by atoms with E-state index < -0.39 is 41.5 Å². The Balaban J connectivity index is 1.44. The number of rotatable bonds is 7. The van der Waals surface area contributed by atoms with Gasteiger partial charge < -0.3 is 19.4 Å². The number of halogens is 6. The molecule has 3 amide bonds. The lowest BCUT2D eigenvalue weighted by Crippen LogP contribution is -2.45. The smallest absolute Gasteiger partial charge is 0.411 e. The third-order valence-corrected chi connectivity index (χ3v) is 8.61. The van der Waals surface area contributed by atoms with Crippen molar-refractivity contribution in [1.29, 1.82) is 0 Å². The maximum atomic E-state index is 13.7. The zero-order valence-electron chi connectivity index (χ0n) is 24.2. The summed E-state index contributed by atoms with van der Waals surface area (Å²) in [5.74, 6) is -2.28. The van der Waals surface area contributed by atoms with Crippen molar-refractivity contribution >= 4 is 41.1 Å². The summed E-state index contributed by atoms with van der Waals surface area (Å²) >= 11 is 12.4. The van der Waals surface area contributed by atoms with Crippen LogP contribution in [0.15, 0.2) is 73.4 Å². The van der Waals surface area contributed by atoms with E-state index in [0.29, 0.717) is 29.1 Å². The Morgan fingerprint density at radius 3 is 2.29 bits per heavy atom. The second-order valence-electron chi connectivity index (χ2n) is 10.8. The molecule has 0 bridgehead atoms. The van der Waals surface area contributed by atoms with Crippen molar-refractivity contribution in [1.82, 2.24) is 19.7 Å². The van der Waals surface area contributed by atoms with Crippen LogP contribution in [0.5, 0.6) is 0 Å². The molecule has 45 heavy (non-hydrogen) atoms. The molecule has 0 spiro atoms. The number of alkyl halides is 3. The molecule has 0 radical (unpaired) electrons. The number of hydrogen-bond donors (Lipinski definition) is 0. The number of hydrogen-bond acceptors (Lipinski definition) is 5. The first kappa shape index (κ1) is 34.0. The highest BCUT2D eigenvalue weighted by Crippen LogP contribution is 2.36. The van der Waals surface area contributed by atoms with Crippen LogP contribution in [0.1, 0.15) is 40.4 Å². The normalized spacial score (nSPS) is 19.1. The van der Waals surface area contributed by atoms with Crippen LogP contribution in [0.25, 0.3) is 0 Å². The number of ether oxygens (including phenoxy) is 1. The van der Waals surface area contributed by atoms with Gasteiger partial charge in [0.25, 0.3) is 5.91 Å². The van der Waals surface area contributed by atoms with Crippen molar-refractivity contribution in [3.05, 3.63) is 100 Å². The van der Waals surface area contributed by atoms with Gasteiger partial charge >= 0.3 is 12.3 Å². The molecule has 14 heteroatoms. The molecule has 3 heterocycles. The first-order chi connectivity index (χ1) is 21.1. The maximum absolute atomic E-state index is 13.7. The number of nitrogens with zero attached hydrogens (tertiary/aromatic N) is 4. The fourth-order valence-electron chi connectivity index (χ4n) is 5.40. The molecule has 0 unspecified atom stereocenters. The molecule has 2 atom stereocenters. The van der Waals surface area contributed by atoms with Gasteiger partial charge in [0.2, 0.25) is 5.91 Å². The number of likely N-dealkylation sites (tertiary alicyclic amines) is 2. The topological polar surface area (TPSA) is 83.0 Å². The Hall–Kier alpha value is -3.90. The maximum Gasteiger partial charge on any atom is 0.417 e. The summed E-state index contributed by atoms with van der Waals surface area (Å²) < 4.78 is 56.8. The van der Waals surface area contributed by atoms with E-state index in [1.807, 2.05) is 0 Å². The van der Waals surface area contributed by atoms with Crippen LogP contribution in [0, 0.1) is 5.92 Å². The Labute approximate surface area is 267 Å². The summed E-state index contributed by atoms with van der Waals surface area (Å²) in [5, 5.41) is 0.661. The van der Waals surface area contributed by atoms with E-state index in [0.717, 1.165) is 23.8 Å². The van der Waals surface area contributed by atoms with E-state index in [4.69, 9.17) is 27.9 Å². The van der Waals surface area contributed by atoms with Crippen LogP contribution < -0.4 is 0 Å². The summed E-state index contributed by atoms with van der Waals surface area (Å²) in [5.41, 5.74) is -0.307. The van der Waals surface area contributed by atoms with E-state index in [2.05, 4.69) is 18.1 Å². The highest BCUT2D eigenvalue weighted by molar-refractivity contribution is 6.42. The number of benzene rings is 1. The molecule has 4 rings (SSSR count). The Morgan fingerprint density at radius 2 is 1.71 bits per heavy atom. The summed E-state index contributed by atoms with van der Waals surface area (Å²) in [7, 11) is 1.52. The van der Waals surface area contributed by atoms with Crippen LogP contribution in [0.3, 0.4) is 0 Å². The number of amides is 3. The van der Waals surface area contributed by atoms with Gasteiger partial charge in [-0.05, 0) is 54.8 Å². The lowest BCUT2D eigenvalue weighted by atomic mass is 9.93. The third kappa shape index (κ3) is 8.23. The van der Waals surface area contributed by atoms with E-state index >= 15 is 0 Å². The highest BCUT2D eigenvalue weighted by atomic mass is 35.5. The Morgan fingerprint density at radius 1 is 1.02 bits per heavy atom. The van der Waals surface area contributed by atoms with E-state index in [-0.39, 0.29) is 49.5 Å². The highest BCUT2D eigenvalue weighted by Gasteiger charge is 2.43. The quantitative estimate of drug-likeness (QED) is 0.183. The van der Waals surface area contributed by atoms with Gasteiger partial charge in [-0.2, -0.15) is 13.2 Å². The number of piperidine rings is 1. The molecule has 2 fully saturated rings. The molecule has 240 valence electrons. The van der Waals surface area contributed by atoms with Crippen molar-refractivity contribution in [3.8, 4) is 0 Å². The van der Waals surface area contributed by atoms with Crippen LogP contribution in [-0.2, 0) is 15.7 Å². The average Bonchev–Trinajstić information content (AvgIpc) is 3.45. The molecule has 0 saturated carbocycles. The van der Waals surface area contributed by atoms with Crippen LogP contribution in [0.2, 0.25) is 10.0 Å². The molecule has 2 saturated heterocycles. The first-order valence-corrected chi connectivity index (χ1v) is 14.6. The minimum atomic E-state index is -4.56. The van der Waals surface area contributed by atoms with Gasteiger partial charge in [-0.1, -0.05) is 42.4 Å². The van der Waals surface area contributed by atoms with Crippen LogP contribution in [0.4, 0.5) is 22.4 Å². The van der Waals surface area contributed by atoms with E-state index in [1.165, 1.54) is 22.9 Å². The van der Waals surface area contributed by atoms with Crippen molar-refractivity contribution in [2.45, 2.75) is 31.0 Å². The summed E-state index contributed by atoms with van der Waals surface area (Å²) in [4.78, 5) is 47.7. The van der Waals surface area contributed by atoms with Crippen molar-refractivity contribution < 1.29 is 36.7 Å². The van der Waals surface area contributed by atoms with Gasteiger partial charge in [-0.3, -0.25) is 14.6 Å². The summed E-state index contributed by atoms with van der Waals surface area (Å²) in [6, 6.07) is 6.41. The molecule has 0 N–H and O–H groups in total. The predicted molar refractivity (Wildman–Crippen MR) is 160 cm³/mol. The van der Waals surface area contributed by atoms with Gasteiger partial charge in [0.05, 0.1) is 21.7 Å². The number of pyridine rings is 1. The monoisotopic (exact) mass is 668 g/mol. The molecule has 0 aliphatic carbocycles. The number of carbonyl (C=O) groups is 3. The lowest BCUT2D eigenvalue weighted by molar-refractivity contribution is -0.138. The van der Waals surface area contributed by atoms with Gasteiger partial charge in [-0.15, -0.1) is 0 Å². The molecule has 2 aliphatic heterocycles. The van der Waals surface area contributed by atoms with Crippen LogP contribution >= 0.6 is 23.2 Å². The summed E-state index contributed by atoms with van der Waals surface area (Å²) in [6.07, 6.45) is -1.85. The average molecular weight is 670 g/mol. The lowest BCUT2D eigenvalue weighted by Gasteiger charge is -2.33. The Bertz CT molecular complexity index is 1510. The Kier molecular flexibility index (Phi) is 10.6. The minimum Gasteiger partial charge on any atom is -0.411 e. The van der Waals surface area contributed by atoms with Gasteiger partial charge in [0.1, 0.15) is 17.3 Å². The summed E-state index contributed by atoms with van der Waals surface area (Å²) in [6.45, 7) is 7.57.